The highest BCUT2D eigenvalue weighted by Crippen LogP contribution is 2.27. The normalized spacial score (nSPS) is 12.1. The highest BCUT2D eigenvalue weighted by atomic mass is 32.2. The average molecular weight is 239 g/mol. The fourth-order valence-corrected chi connectivity index (χ4v) is 2.25. The Balaban J connectivity index is 2.47. The molecule has 0 aromatic heterocycles. The summed E-state index contributed by atoms with van der Waals surface area (Å²) in [6.45, 7) is 2.76. The van der Waals surface area contributed by atoms with Crippen molar-refractivity contribution in [1.29, 1.82) is 0 Å². The molecule has 2 N–H and O–H groups in total. The molecule has 1 aromatic rings. The second-order valence-corrected chi connectivity index (χ2v) is 4.44. The van der Waals surface area contributed by atoms with Crippen molar-refractivity contribution in [3.05, 3.63) is 35.9 Å². The largest absolute Gasteiger partial charge is 0.465 e. The Morgan fingerprint density at radius 1 is 1.44 bits per heavy atom. The van der Waals surface area contributed by atoms with Gasteiger partial charge >= 0.3 is 5.97 Å². The molecule has 0 spiro atoms. The van der Waals surface area contributed by atoms with Crippen molar-refractivity contribution in [2.75, 3.05) is 18.9 Å². The van der Waals surface area contributed by atoms with Crippen molar-refractivity contribution in [3.8, 4) is 0 Å². The van der Waals surface area contributed by atoms with Gasteiger partial charge in [-0.25, -0.2) is 0 Å². The quantitative estimate of drug-likeness (QED) is 0.771. The Labute approximate surface area is 100 Å². The second kappa shape index (κ2) is 7.30. The summed E-state index contributed by atoms with van der Waals surface area (Å²) in [4.78, 5) is 11.2. The van der Waals surface area contributed by atoms with Gasteiger partial charge in [0.1, 0.15) is 0 Å². The maximum Gasteiger partial charge on any atom is 0.315 e. The van der Waals surface area contributed by atoms with Gasteiger partial charge in [0.05, 0.1) is 12.4 Å². The lowest BCUT2D eigenvalue weighted by molar-refractivity contribution is -0.139. The predicted octanol–water partition coefficient (Wildman–Crippen LogP) is 1.98. The molecule has 0 heterocycles. The van der Waals surface area contributed by atoms with E-state index in [9.17, 15) is 4.79 Å². The van der Waals surface area contributed by atoms with Gasteiger partial charge in [0.25, 0.3) is 0 Å². The Bertz CT molecular complexity index is 316. The average Bonchev–Trinajstić information content (AvgIpc) is 2.31. The van der Waals surface area contributed by atoms with Crippen molar-refractivity contribution < 1.29 is 9.53 Å². The summed E-state index contributed by atoms with van der Waals surface area (Å²) >= 11 is 1.52. The molecule has 1 unspecified atom stereocenters. The van der Waals surface area contributed by atoms with Gasteiger partial charge < -0.3 is 10.5 Å². The van der Waals surface area contributed by atoms with Gasteiger partial charge in [-0.05, 0) is 12.5 Å². The second-order valence-electron chi connectivity index (χ2n) is 3.25. The summed E-state index contributed by atoms with van der Waals surface area (Å²) in [5, 5.41) is 0.158. The number of rotatable bonds is 6. The molecule has 0 radical (unpaired) electrons. The fraction of sp³-hybridized carbons (Fsp3) is 0.417. The molecule has 0 saturated carbocycles. The van der Waals surface area contributed by atoms with E-state index in [1.165, 1.54) is 11.8 Å². The third-order valence-corrected chi connectivity index (χ3v) is 3.36. The van der Waals surface area contributed by atoms with Gasteiger partial charge in [0.15, 0.2) is 0 Å². The van der Waals surface area contributed by atoms with Crippen LogP contribution in [0.5, 0.6) is 0 Å². The number of benzene rings is 1. The molecular weight excluding hydrogens is 222 g/mol. The summed E-state index contributed by atoms with van der Waals surface area (Å²) in [6, 6.07) is 9.96. The molecule has 0 amide bonds. The first-order valence-electron chi connectivity index (χ1n) is 5.30. The third-order valence-electron chi connectivity index (χ3n) is 2.09. The van der Waals surface area contributed by atoms with Crippen LogP contribution in [0.2, 0.25) is 0 Å². The Hall–Kier alpha value is -1.00. The minimum Gasteiger partial charge on any atom is -0.465 e. The van der Waals surface area contributed by atoms with E-state index in [0.717, 1.165) is 5.56 Å². The molecule has 0 bridgehead atoms. The monoisotopic (exact) mass is 239 g/mol. The molecule has 0 fully saturated rings. The molecule has 0 aliphatic rings. The standard InChI is InChI=1S/C12H17NO2S/c1-2-15-12(14)9-16-11(8-13)10-6-4-3-5-7-10/h3-7,11H,2,8-9,13H2,1H3. The molecule has 0 aliphatic carbocycles. The predicted molar refractivity (Wildman–Crippen MR) is 67.3 cm³/mol. The van der Waals surface area contributed by atoms with Crippen molar-refractivity contribution in [1.82, 2.24) is 0 Å². The van der Waals surface area contributed by atoms with Crippen molar-refractivity contribution in [3.63, 3.8) is 0 Å². The van der Waals surface area contributed by atoms with Crippen LogP contribution in [0.1, 0.15) is 17.7 Å². The number of thioether (sulfide) groups is 1. The van der Waals surface area contributed by atoms with Crippen LogP contribution in [0.25, 0.3) is 0 Å². The van der Waals surface area contributed by atoms with Crippen LogP contribution in [0.15, 0.2) is 30.3 Å². The minimum atomic E-state index is -0.179. The van der Waals surface area contributed by atoms with Crippen LogP contribution >= 0.6 is 11.8 Å². The fourth-order valence-electron chi connectivity index (χ4n) is 1.34. The minimum absolute atomic E-state index is 0.158. The molecule has 88 valence electrons. The Kier molecular flexibility index (Phi) is 5.96. The molecule has 0 saturated heterocycles. The van der Waals surface area contributed by atoms with Gasteiger partial charge in [-0.2, -0.15) is 0 Å². The SMILES string of the molecule is CCOC(=O)CSC(CN)c1ccccc1. The van der Waals surface area contributed by atoms with Crippen LogP contribution in [0, 0.1) is 0 Å². The van der Waals surface area contributed by atoms with E-state index in [-0.39, 0.29) is 11.2 Å². The summed E-state index contributed by atoms with van der Waals surface area (Å²) in [7, 11) is 0. The summed E-state index contributed by atoms with van der Waals surface area (Å²) in [5.41, 5.74) is 6.84. The molecule has 16 heavy (non-hydrogen) atoms. The van der Waals surface area contributed by atoms with E-state index in [1.54, 1.807) is 6.92 Å². The molecule has 4 heteroatoms. The molecule has 0 aliphatic heterocycles. The van der Waals surface area contributed by atoms with Crippen LogP contribution in [0.4, 0.5) is 0 Å². The molecule has 1 atom stereocenters. The number of esters is 1. The number of nitrogens with two attached hydrogens (primary N) is 1. The maximum atomic E-state index is 11.2. The first-order chi connectivity index (χ1) is 7.77. The number of carbonyl (C=O) groups is 1. The zero-order valence-electron chi connectivity index (χ0n) is 9.39. The van der Waals surface area contributed by atoms with E-state index < -0.39 is 0 Å². The Morgan fingerprint density at radius 3 is 2.69 bits per heavy atom. The lowest BCUT2D eigenvalue weighted by Gasteiger charge is -2.14. The van der Waals surface area contributed by atoms with Crippen molar-refractivity contribution >= 4 is 17.7 Å². The maximum absolute atomic E-state index is 11.2. The van der Waals surface area contributed by atoms with E-state index >= 15 is 0 Å². The first kappa shape index (κ1) is 13.1. The molecule has 1 aromatic carbocycles. The van der Waals surface area contributed by atoms with E-state index in [4.69, 9.17) is 10.5 Å². The topological polar surface area (TPSA) is 52.3 Å². The van der Waals surface area contributed by atoms with Gasteiger partial charge in [-0.3, -0.25) is 4.79 Å². The number of hydrogen-bond donors (Lipinski definition) is 1. The molecule has 3 nitrogen and oxygen atoms in total. The van der Waals surface area contributed by atoms with Gasteiger partial charge in [-0.1, -0.05) is 30.3 Å². The lowest BCUT2D eigenvalue weighted by atomic mass is 10.1. The van der Waals surface area contributed by atoms with Crippen molar-refractivity contribution in [2.45, 2.75) is 12.2 Å². The number of carbonyl (C=O) groups excluding carboxylic acids is 1. The van der Waals surface area contributed by atoms with Crippen LogP contribution in [-0.4, -0.2) is 24.9 Å². The summed E-state index contributed by atoms with van der Waals surface area (Å²) < 4.78 is 4.87. The molecule has 1 rings (SSSR count). The Morgan fingerprint density at radius 2 is 2.12 bits per heavy atom. The zero-order chi connectivity index (χ0) is 11.8. The number of ether oxygens (including phenoxy) is 1. The smallest absolute Gasteiger partial charge is 0.315 e. The summed E-state index contributed by atoms with van der Waals surface area (Å²) in [6.07, 6.45) is 0. The lowest BCUT2D eigenvalue weighted by Crippen LogP contribution is -2.13. The van der Waals surface area contributed by atoms with E-state index in [1.807, 2.05) is 30.3 Å². The highest BCUT2D eigenvalue weighted by molar-refractivity contribution is 8.00. The van der Waals surface area contributed by atoms with Crippen LogP contribution < -0.4 is 5.73 Å². The number of hydrogen-bond acceptors (Lipinski definition) is 4. The van der Waals surface area contributed by atoms with Crippen LogP contribution in [-0.2, 0) is 9.53 Å². The van der Waals surface area contributed by atoms with E-state index in [0.29, 0.717) is 18.9 Å². The highest BCUT2D eigenvalue weighted by Gasteiger charge is 2.12. The third kappa shape index (κ3) is 4.24. The summed E-state index contributed by atoms with van der Waals surface area (Å²) in [5.74, 6) is 0.173. The van der Waals surface area contributed by atoms with Gasteiger partial charge in [0, 0.05) is 11.8 Å². The van der Waals surface area contributed by atoms with Gasteiger partial charge in [0.2, 0.25) is 0 Å². The van der Waals surface area contributed by atoms with Crippen molar-refractivity contribution in [2.24, 2.45) is 5.73 Å². The van der Waals surface area contributed by atoms with Crippen LogP contribution in [0.3, 0.4) is 0 Å². The first-order valence-corrected chi connectivity index (χ1v) is 6.35. The zero-order valence-corrected chi connectivity index (χ0v) is 10.2. The van der Waals surface area contributed by atoms with Gasteiger partial charge in [-0.15, -0.1) is 11.8 Å². The van der Waals surface area contributed by atoms with E-state index in [2.05, 4.69) is 0 Å². The molecular formula is C12H17NO2S.